The Balaban J connectivity index is 2.24. The summed E-state index contributed by atoms with van der Waals surface area (Å²) in [7, 11) is 0. The molecule has 0 spiro atoms. The fourth-order valence-electron chi connectivity index (χ4n) is 2.99. The molecule has 0 aliphatic heterocycles. The SMILES string of the molecule is C#CCOCC(O)COc1c(Br)cc(C(C)(C)c2cc(Br)c(OCC(O)CCl)c(Br)c2)cc1Br. The van der Waals surface area contributed by atoms with Crippen LogP contribution in [0.2, 0.25) is 0 Å². The van der Waals surface area contributed by atoms with Crippen molar-refractivity contribution in [2.45, 2.75) is 31.5 Å². The molecule has 2 N–H and O–H groups in total. The fraction of sp³-hybridized carbons (Fsp3) is 0.417. The van der Waals surface area contributed by atoms with Crippen LogP contribution in [0.15, 0.2) is 42.2 Å². The van der Waals surface area contributed by atoms with Gasteiger partial charge in [0.15, 0.2) is 0 Å². The van der Waals surface area contributed by atoms with E-state index in [2.05, 4.69) is 83.5 Å². The summed E-state index contributed by atoms with van der Waals surface area (Å²) < 4.78 is 19.7. The Kier molecular flexibility index (Phi) is 12.2. The van der Waals surface area contributed by atoms with E-state index in [4.69, 9.17) is 32.2 Å². The first-order chi connectivity index (χ1) is 16.0. The zero-order chi connectivity index (χ0) is 25.5. The number of benzene rings is 2. The average molecular weight is 749 g/mol. The molecule has 0 amide bonds. The fourth-order valence-corrected chi connectivity index (χ4v) is 5.91. The van der Waals surface area contributed by atoms with E-state index in [-0.39, 0.29) is 37.7 Å². The van der Waals surface area contributed by atoms with Gasteiger partial charge in [-0.25, -0.2) is 0 Å². The standard InChI is InChI=1S/C24H25Br4ClO5/c1-4-5-32-11-17(31)13-34-23-20(27)8-15(9-21(23)28)24(2,3)14-6-18(25)22(19(26)7-14)33-12-16(30)10-29/h1,6-9,16-17,30-31H,5,10-13H2,2-3H3. The maximum atomic E-state index is 10.0. The lowest BCUT2D eigenvalue weighted by Crippen LogP contribution is -2.24. The molecule has 34 heavy (non-hydrogen) atoms. The van der Waals surface area contributed by atoms with Crippen LogP contribution in [-0.4, -0.2) is 54.7 Å². The third kappa shape index (κ3) is 8.10. The van der Waals surface area contributed by atoms with Crippen LogP contribution in [0.5, 0.6) is 11.5 Å². The summed E-state index contributed by atoms with van der Waals surface area (Å²) in [6.07, 6.45) is 3.59. The molecule has 0 aliphatic rings. The number of aliphatic hydroxyl groups is 2. The van der Waals surface area contributed by atoms with Gasteiger partial charge in [-0.3, -0.25) is 0 Å². The first-order valence-corrected chi connectivity index (χ1v) is 13.9. The molecule has 0 aromatic heterocycles. The van der Waals surface area contributed by atoms with Crippen molar-refractivity contribution in [1.29, 1.82) is 0 Å². The van der Waals surface area contributed by atoms with Crippen molar-refractivity contribution in [2.75, 3.05) is 32.3 Å². The molecule has 0 fully saturated rings. The molecule has 2 atom stereocenters. The Morgan fingerprint density at radius 2 is 1.26 bits per heavy atom. The Hall–Kier alpha value is -0.310. The molecule has 0 aliphatic carbocycles. The molecule has 0 heterocycles. The van der Waals surface area contributed by atoms with E-state index in [1.165, 1.54) is 0 Å². The van der Waals surface area contributed by atoms with Crippen molar-refractivity contribution in [1.82, 2.24) is 0 Å². The van der Waals surface area contributed by atoms with E-state index >= 15 is 0 Å². The first kappa shape index (κ1) is 29.9. The summed E-state index contributed by atoms with van der Waals surface area (Å²) in [4.78, 5) is 0. The maximum Gasteiger partial charge on any atom is 0.147 e. The van der Waals surface area contributed by atoms with Crippen molar-refractivity contribution in [2.24, 2.45) is 0 Å². The second-order valence-electron chi connectivity index (χ2n) is 7.97. The molecule has 2 unspecified atom stereocenters. The van der Waals surface area contributed by atoms with Crippen molar-refractivity contribution >= 4 is 75.3 Å². The minimum Gasteiger partial charge on any atom is -0.488 e. The number of terminal acetylenes is 1. The lowest BCUT2D eigenvalue weighted by Gasteiger charge is -2.28. The van der Waals surface area contributed by atoms with Gasteiger partial charge in [0.1, 0.15) is 43.5 Å². The molecule has 186 valence electrons. The van der Waals surface area contributed by atoms with Crippen molar-refractivity contribution in [3.8, 4) is 23.8 Å². The molecule has 0 saturated heterocycles. The summed E-state index contributed by atoms with van der Waals surface area (Å²) >= 11 is 20.0. The van der Waals surface area contributed by atoms with Gasteiger partial charge in [0.05, 0.1) is 30.4 Å². The highest BCUT2D eigenvalue weighted by atomic mass is 79.9. The molecule has 10 heteroatoms. The van der Waals surface area contributed by atoms with Crippen LogP contribution in [0, 0.1) is 12.3 Å². The molecule has 2 rings (SSSR count). The third-order valence-electron chi connectivity index (χ3n) is 4.95. The summed E-state index contributed by atoms with van der Waals surface area (Å²) in [5, 5.41) is 19.7. The highest BCUT2D eigenvalue weighted by Gasteiger charge is 2.27. The summed E-state index contributed by atoms with van der Waals surface area (Å²) in [6, 6.07) is 7.96. The normalized spacial score (nSPS) is 13.3. The molecule has 2 aromatic carbocycles. The van der Waals surface area contributed by atoms with Gasteiger partial charge in [0, 0.05) is 5.41 Å². The summed E-state index contributed by atoms with van der Waals surface area (Å²) in [6.45, 7) is 4.61. The van der Waals surface area contributed by atoms with Crippen molar-refractivity contribution in [3.63, 3.8) is 0 Å². The van der Waals surface area contributed by atoms with Crippen LogP contribution in [0.1, 0.15) is 25.0 Å². The quantitative estimate of drug-likeness (QED) is 0.149. The number of halogens is 5. The van der Waals surface area contributed by atoms with Crippen LogP contribution in [-0.2, 0) is 10.2 Å². The highest BCUT2D eigenvalue weighted by molar-refractivity contribution is 9.11. The second-order valence-corrected chi connectivity index (χ2v) is 11.7. The van der Waals surface area contributed by atoms with E-state index in [0.717, 1.165) is 29.0 Å². The van der Waals surface area contributed by atoms with Gasteiger partial charge >= 0.3 is 0 Å². The molecule has 0 saturated carbocycles. The number of hydrogen-bond donors (Lipinski definition) is 2. The summed E-state index contributed by atoms with van der Waals surface area (Å²) in [5.41, 5.74) is 1.68. The zero-order valence-corrected chi connectivity index (χ0v) is 25.7. The van der Waals surface area contributed by atoms with Gasteiger partial charge in [0.2, 0.25) is 0 Å². The number of hydrogen-bond acceptors (Lipinski definition) is 5. The lowest BCUT2D eigenvalue weighted by molar-refractivity contribution is 0.0225. The van der Waals surface area contributed by atoms with Gasteiger partial charge in [-0.15, -0.1) is 18.0 Å². The summed E-state index contributed by atoms with van der Waals surface area (Å²) in [5.74, 6) is 3.63. The van der Waals surface area contributed by atoms with Crippen LogP contribution in [0.25, 0.3) is 0 Å². The minimum atomic E-state index is -0.802. The van der Waals surface area contributed by atoms with E-state index in [1.54, 1.807) is 0 Å². The van der Waals surface area contributed by atoms with Gasteiger partial charge in [-0.2, -0.15) is 0 Å². The monoisotopic (exact) mass is 744 g/mol. The first-order valence-electron chi connectivity index (χ1n) is 10.2. The van der Waals surface area contributed by atoms with Crippen LogP contribution in [0.4, 0.5) is 0 Å². The Morgan fingerprint density at radius 1 is 0.853 bits per heavy atom. The van der Waals surface area contributed by atoms with Gasteiger partial charge in [-0.1, -0.05) is 19.8 Å². The molecule has 2 aromatic rings. The van der Waals surface area contributed by atoms with E-state index in [9.17, 15) is 10.2 Å². The maximum absolute atomic E-state index is 10.0. The molecular weight excluding hydrogens is 723 g/mol. The molecule has 0 radical (unpaired) electrons. The Bertz CT molecular complexity index is 979. The predicted octanol–water partition coefficient (Wildman–Crippen LogP) is 6.43. The van der Waals surface area contributed by atoms with Gasteiger partial charge in [-0.05, 0) is 99.1 Å². The van der Waals surface area contributed by atoms with E-state index < -0.39 is 12.2 Å². The average Bonchev–Trinajstić information content (AvgIpc) is 2.77. The Labute approximate surface area is 239 Å². The lowest BCUT2D eigenvalue weighted by atomic mass is 9.78. The highest BCUT2D eigenvalue weighted by Crippen LogP contribution is 2.44. The van der Waals surface area contributed by atoms with Crippen LogP contribution < -0.4 is 9.47 Å². The second kappa shape index (κ2) is 13.8. The molecule has 0 bridgehead atoms. The number of rotatable bonds is 12. The van der Waals surface area contributed by atoms with Gasteiger partial charge < -0.3 is 24.4 Å². The van der Waals surface area contributed by atoms with E-state index in [0.29, 0.717) is 11.5 Å². The Morgan fingerprint density at radius 3 is 1.65 bits per heavy atom. The number of aliphatic hydroxyl groups excluding tert-OH is 2. The van der Waals surface area contributed by atoms with E-state index in [1.807, 2.05) is 24.3 Å². The zero-order valence-electron chi connectivity index (χ0n) is 18.6. The number of ether oxygens (including phenoxy) is 3. The van der Waals surface area contributed by atoms with Crippen molar-refractivity contribution in [3.05, 3.63) is 53.3 Å². The van der Waals surface area contributed by atoms with Crippen molar-refractivity contribution < 1.29 is 24.4 Å². The van der Waals surface area contributed by atoms with Crippen LogP contribution >= 0.6 is 75.3 Å². The molecule has 5 nitrogen and oxygen atoms in total. The number of alkyl halides is 1. The van der Waals surface area contributed by atoms with Crippen LogP contribution in [0.3, 0.4) is 0 Å². The predicted molar refractivity (Wildman–Crippen MR) is 149 cm³/mol. The molecular formula is C24H25Br4ClO5. The minimum absolute atomic E-state index is 0.0598. The smallest absolute Gasteiger partial charge is 0.147 e. The topological polar surface area (TPSA) is 68.2 Å². The largest absolute Gasteiger partial charge is 0.488 e. The van der Waals surface area contributed by atoms with Gasteiger partial charge in [0.25, 0.3) is 0 Å². The third-order valence-corrected chi connectivity index (χ3v) is 7.67.